The summed E-state index contributed by atoms with van der Waals surface area (Å²) in [5, 5.41) is 9.30. The quantitative estimate of drug-likeness (QED) is 0.407. The lowest BCUT2D eigenvalue weighted by molar-refractivity contribution is -0.260. The van der Waals surface area contributed by atoms with E-state index in [2.05, 4.69) is 34.6 Å². The monoisotopic (exact) mass is 514 g/mol. The number of carboxylic acid groups (broad SMARTS) is 1. The summed E-state index contributed by atoms with van der Waals surface area (Å²) in [5.74, 6) is -1.68. The topological polar surface area (TPSA) is 103 Å². The molecule has 5 rings (SSSR count). The van der Waals surface area contributed by atoms with Crippen molar-refractivity contribution in [1.29, 1.82) is 0 Å². The summed E-state index contributed by atoms with van der Waals surface area (Å²) < 4.78 is 18.0. The summed E-state index contributed by atoms with van der Waals surface area (Å²) in [4.78, 5) is 36.6. The molecule has 1 aromatic heterocycles. The predicted molar refractivity (Wildman–Crippen MR) is 136 cm³/mol. The minimum absolute atomic E-state index is 0.0284. The number of fused-ring (bicyclic) bond motifs is 7. The van der Waals surface area contributed by atoms with Crippen LogP contribution in [-0.4, -0.2) is 35.2 Å². The van der Waals surface area contributed by atoms with Crippen LogP contribution in [0.4, 0.5) is 0 Å². The Bertz CT molecular complexity index is 1100. The van der Waals surface area contributed by atoms with Gasteiger partial charge in [-0.25, -0.2) is 0 Å². The predicted octanol–water partition coefficient (Wildman–Crippen LogP) is 5.68. The van der Waals surface area contributed by atoms with Gasteiger partial charge in [0.1, 0.15) is 18.6 Å². The van der Waals surface area contributed by atoms with Crippen LogP contribution < -0.4 is 0 Å². The molecule has 7 heteroatoms. The maximum Gasteiger partial charge on any atom is 0.317 e. The van der Waals surface area contributed by atoms with Crippen molar-refractivity contribution in [2.24, 2.45) is 34.0 Å². The van der Waals surface area contributed by atoms with Gasteiger partial charge in [0.25, 0.3) is 0 Å². The van der Waals surface area contributed by atoms with Crippen molar-refractivity contribution in [3.63, 3.8) is 0 Å². The van der Waals surface area contributed by atoms with Gasteiger partial charge in [-0.2, -0.15) is 0 Å². The highest BCUT2D eigenvalue weighted by Crippen LogP contribution is 2.72. The van der Waals surface area contributed by atoms with Crippen LogP contribution in [0.1, 0.15) is 97.6 Å². The molecule has 4 aliphatic rings. The Labute approximate surface area is 219 Å². The average Bonchev–Trinajstić information content (AvgIpc) is 3.21. The summed E-state index contributed by atoms with van der Waals surface area (Å²) in [6, 6.07) is 0. The number of hydrogen-bond donors (Lipinski definition) is 1. The van der Waals surface area contributed by atoms with Crippen molar-refractivity contribution < 1.29 is 33.4 Å². The molecule has 0 unspecified atom stereocenters. The van der Waals surface area contributed by atoms with Crippen LogP contribution in [0.5, 0.6) is 0 Å². The van der Waals surface area contributed by atoms with E-state index in [1.165, 1.54) is 18.1 Å². The van der Waals surface area contributed by atoms with Gasteiger partial charge < -0.3 is 19.0 Å². The number of hydrogen-bond acceptors (Lipinski definition) is 6. The van der Waals surface area contributed by atoms with Gasteiger partial charge in [-0.1, -0.05) is 41.0 Å². The first-order valence-corrected chi connectivity index (χ1v) is 13.9. The molecule has 3 saturated carbocycles. The second kappa shape index (κ2) is 8.60. The van der Waals surface area contributed by atoms with Gasteiger partial charge in [-0.3, -0.25) is 14.4 Å². The molecule has 1 N–H and O–H groups in total. The molecule has 8 atom stereocenters. The van der Waals surface area contributed by atoms with Crippen LogP contribution in [0.2, 0.25) is 0 Å². The molecule has 0 radical (unpaired) electrons. The van der Waals surface area contributed by atoms with E-state index >= 15 is 0 Å². The molecule has 0 aliphatic heterocycles. The lowest BCUT2D eigenvalue weighted by atomic mass is 9.34. The fourth-order valence-corrected chi connectivity index (χ4v) is 10.5. The SMILES string of the molecule is CC(=O)O[C@H]1C[C@]2(C)[C@H]([C@H](OC(=O)CC(=O)O)C[C@]3(C)c4cocc4CC[C@@H]23)[C@@]2(C)CCCC(C)(C)[C@H]12. The number of rotatable bonds is 4. The Hall–Kier alpha value is -2.31. The van der Waals surface area contributed by atoms with Crippen molar-refractivity contribution >= 4 is 17.9 Å². The number of esters is 2. The molecule has 1 heterocycles. The number of furan rings is 1. The first-order chi connectivity index (χ1) is 17.2. The molecule has 0 amide bonds. The lowest BCUT2D eigenvalue weighted by Gasteiger charge is -2.71. The molecule has 204 valence electrons. The zero-order valence-corrected chi connectivity index (χ0v) is 23.1. The first-order valence-electron chi connectivity index (χ1n) is 13.9. The molecule has 37 heavy (non-hydrogen) atoms. The van der Waals surface area contributed by atoms with Gasteiger partial charge in [-0.15, -0.1) is 0 Å². The van der Waals surface area contributed by atoms with E-state index in [9.17, 15) is 19.5 Å². The standard InChI is InChI=1S/C30H42O7/c1-17(31)36-20-14-30(6)22-9-8-18-15-35-16-19(18)29(22,5)13-21(37-24(34)12-23(32)33)26(30)28(4)11-7-10-27(2,3)25(20)28/h15-16,20-22,25-26H,7-14H2,1-6H3,(H,32,33)/t20-,21+,22+,25-,26+,28-,29+,30-/m0/s1. The van der Waals surface area contributed by atoms with Crippen molar-refractivity contribution in [1.82, 2.24) is 0 Å². The van der Waals surface area contributed by atoms with E-state index in [0.29, 0.717) is 12.8 Å². The first kappa shape index (κ1) is 26.3. The molecular formula is C30H42O7. The fourth-order valence-electron chi connectivity index (χ4n) is 10.5. The number of aliphatic carboxylic acids is 1. The third kappa shape index (κ3) is 3.94. The van der Waals surface area contributed by atoms with Crippen LogP contribution in [0.3, 0.4) is 0 Å². The van der Waals surface area contributed by atoms with E-state index in [1.807, 2.05) is 12.5 Å². The summed E-state index contributed by atoms with van der Waals surface area (Å²) in [6.07, 6.45) is 8.73. The van der Waals surface area contributed by atoms with E-state index in [-0.39, 0.29) is 51.5 Å². The average molecular weight is 515 g/mol. The van der Waals surface area contributed by atoms with E-state index in [0.717, 1.165) is 32.1 Å². The lowest BCUT2D eigenvalue weighted by Crippen LogP contribution is -2.70. The zero-order chi connectivity index (χ0) is 27.0. The summed E-state index contributed by atoms with van der Waals surface area (Å²) in [6.45, 7) is 13.0. The Kier molecular flexibility index (Phi) is 6.12. The maximum atomic E-state index is 12.9. The Morgan fingerprint density at radius 2 is 1.68 bits per heavy atom. The van der Waals surface area contributed by atoms with Gasteiger partial charge in [0, 0.05) is 24.2 Å². The minimum Gasteiger partial charge on any atom is -0.481 e. The van der Waals surface area contributed by atoms with Crippen molar-refractivity contribution in [3.05, 3.63) is 23.7 Å². The van der Waals surface area contributed by atoms with Crippen molar-refractivity contribution in [2.45, 2.75) is 111 Å². The second-order valence-electron chi connectivity index (χ2n) is 13.8. The smallest absolute Gasteiger partial charge is 0.317 e. The molecule has 1 aromatic rings. The molecule has 0 spiro atoms. The van der Waals surface area contributed by atoms with Crippen LogP contribution in [0.25, 0.3) is 0 Å². The highest BCUT2D eigenvalue weighted by Gasteiger charge is 2.71. The minimum atomic E-state index is -1.18. The largest absolute Gasteiger partial charge is 0.481 e. The molecule has 3 fully saturated rings. The third-order valence-electron chi connectivity index (χ3n) is 11.0. The highest BCUT2D eigenvalue weighted by molar-refractivity contribution is 5.90. The Balaban J connectivity index is 1.67. The van der Waals surface area contributed by atoms with Gasteiger partial charge in [0.15, 0.2) is 0 Å². The number of aryl methyl sites for hydroxylation is 1. The van der Waals surface area contributed by atoms with Crippen LogP contribution in [0.15, 0.2) is 16.9 Å². The van der Waals surface area contributed by atoms with E-state index < -0.39 is 24.5 Å². The van der Waals surface area contributed by atoms with Gasteiger partial charge >= 0.3 is 17.9 Å². The van der Waals surface area contributed by atoms with Crippen molar-refractivity contribution in [3.8, 4) is 0 Å². The fraction of sp³-hybridized carbons (Fsp3) is 0.767. The Morgan fingerprint density at radius 3 is 2.35 bits per heavy atom. The molecule has 0 aromatic carbocycles. The number of carbonyl (C=O) groups excluding carboxylic acids is 2. The van der Waals surface area contributed by atoms with E-state index in [4.69, 9.17) is 13.9 Å². The van der Waals surface area contributed by atoms with Gasteiger partial charge in [0.05, 0.1) is 12.5 Å². The van der Waals surface area contributed by atoms with Crippen LogP contribution in [0, 0.1) is 34.0 Å². The summed E-state index contributed by atoms with van der Waals surface area (Å²) in [5.41, 5.74) is 1.51. The highest BCUT2D eigenvalue weighted by atomic mass is 16.6. The van der Waals surface area contributed by atoms with Gasteiger partial charge in [0.2, 0.25) is 0 Å². The summed E-state index contributed by atoms with van der Waals surface area (Å²) in [7, 11) is 0. The van der Waals surface area contributed by atoms with Gasteiger partial charge in [-0.05, 0) is 71.8 Å². The Morgan fingerprint density at radius 1 is 0.973 bits per heavy atom. The zero-order valence-electron chi connectivity index (χ0n) is 23.1. The second-order valence-corrected chi connectivity index (χ2v) is 13.8. The molecule has 0 bridgehead atoms. The number of carboxylic acids is 1. The van der Waals surface area contributed by atoms with E-state index in [1.54, 1.807) is 0 Å². The third-order valence-corrected chi connectivity index (χ3v) is 11.0. The summed E-state index contributed by atoms with van der Waals surface area (Å²) >= 11 is 0. The molecule has 0 saturated heterocycles. The normalized spacial score (nSPS) is 41.8. The molecular weight excluding hydrogens is 472 g/mol. The van der Waals surface area contributed by atoms with Crippen LogP contribution >= 0.6 is 0 Å². The van der Waals surface area contributed by atoms with Crippen molar-refractivity contribution in [2.75, 3.05) is 0 Å². The maximum absolute atomic E-state index is 12.9. The number of carbonyl (C=O) groups is 3. The molecule has 4 aliphatic carbocycles. The van der Waals surface area contributed by atoms with Crippen LogP contribution in [-0.2, 0) is 35.7 Å². The molecule has 7 nitrogen and oxygen atoms in total. The number of ether oxygens (including phenoxy) is 2.